The number of halogens is 1. The summed E-state index contributed by atoms with van der Waals surface area (Å²) in [5.74, 6) is -0.0510. The number of nitrogens with two attached hydrogens (primary N) is 1. The summed E-state index contributed by atoms with van der Waals surface area (Å²) in [6.45, 7) is 0.285. The maximum absolute atomic E-state index is 12.1. The molecule has 0 aliphatic heterocycles. The number of hydrogen-bond donors (Lipinski definition) is 1. The first-order valence-electron chi connectivity index (χ1n) is 7.38. The Morgan fingerprint density at radius 3 is 2.80 bits per heavy atom. The quantitative estimate of drug-likeness (QED) is 0.669. The van der Waals surface area contributed by atoms with E-state index in [2.05, 4.69) is 4.98 Å². The lowest BCUT2D eigenvalue weighted by molar-refractivity contribution is 0.0595. The van der Waals surface area contributed by atoms with Gasteiger partial charge in [-0.05, 0) is 35.9 Å². The maximum atomic E-state index is 12.1. The van der Waals surface area contributed by atoms with Crippen molar-refractivity contribution in [2.45, 2.75) is 6.61 Å². The van der Waals surface area contributed by atoms with Crippen molar-refractivity contribution in [3.05, 3.63) is 64.0 Å². The highest BCUT2D eigenvalue weighted by atomic mass is 35.5. The first kappa shape index (κ1) is 17.3. The Kier molecular flexibility index (Phi) is 5.21. The first-order valence-corrected chi connectivity index (χ1v) is 8.63. The molecule has 1 aromatic heterocycles. The zero-order valence-corrected chi connectivity index (χ0v) is 14.9. The van der Waals surface area contributed by atoms with E-state index in [0.29, 0.717) is 27.2 Å². The highest BCUT2D eigenvalue weighted by Gasteiger charge is 2.16. The largest absolute Gasteiger partial charge is 0.488 e. The minimum Gasteiger partial charge on any atom is -0.488 e. The molecule has 3 aromatic rings. The summed E-state index contributed by atoms with van der Waals surface area (Å²) >= 11 is 7.31. The SMILES string of the molecule is COC(=O)c1cc(-c2csc(N)n2)ccc1OCc1cccc(Cl)c1. The standard InChI is InChI=1S/C18H15ClN2O3S/c1-23-17(22)14-8-12(15-10-25-18(20)21-15)5-6-16(14)24-9-11-3-2-4-13(19)7-11/h2-8,10H,9H2,1H3,(H2,20,21). The van der Waals surface area contributed by atoms with Crippen molar-refractivity contribution < 1.29 is 14.3 Å². The summed E-state index contributed by atoms with van der Waals surface area (Å²) in [4.78, 5) is 16.4. The second-order valence-electron chi connectivity index (χ2n) is 5.19. The minimum atomic E-state index is -0.480. The number of rotatable bonds is 5. The van der Waals surface area contributed by atoms with Gasteiger partial charge in [0, 0.05) is 16.0 Å². The van der Waals surface area contributed by atoms with E-state index in [0.717, 1.165) is 11.1 Å². The highest BCUT2D eigenvalue weighted by Crippen LogP contribution is 2.29. The van der Waals surface area contributed by atoms with E-state index in [4.69, 9.17) is 26.8 Å². The Bertz CT molecular complexity index is 911. The van der Waals surface area contributed by atoms with Crippen LogP contribution < -0.4 is 10.5 Å². The van der Waals surface area contributed by atoms with Crippen molar-refractivity contribution in [3.63, 3.8) is 0 Å². The van der Waals surface area contributed by atoms with Crippen LogP contribution in [0.5, 0.6) is 5.75 Å². The second-order valence-corrected chi connectivity index (χ2v) is 6.52. The number of carbonyl (C=O) groups excluding carboxylic acids is 1. The van der Waals surface area contributed by atoms with Crippen molar-refractivity contribution in [2.24, 2.45) is 0 Å². The molecule has 2 aromatic carbocycles. The molecule has 5 nitrogen and oxygen atoms in total. The number of esters is 1. The number of carbonyl (C=O) groups is 1. The van der Waals surface area contributed by atoms with Crippen LogP contribution >= 0.6 is 22.9 Å². The molecule has 128 valence electrons. The number of methoxy groups -OCH3 is 1. The highest BCUT2D eigenvalue weighted by molar-refractivity contribution is 7.13. The number of thiazole rings is 1. The average Bonchev–Trinajstić information content (AvgIpc) is 3.05. The molecule has 0 aliphatic carbocycles. The number of anilines is 1. The van der Waals surface area contributed by atoms with Gasteiger partial charge in [-0.15, -0.1) is 11.3 Å². The van der Waals surface area contributed by atoms with Gasteiger partial charge in [0.05, 0.1) is 12.8 Å². The monoisotopic (exact) mass is 374 g/mol. The number of ether oxygens (including phenoxy) is 2. The van der Waals surface area contributed by atoms with Gasteiger partial charge in [0.1, 0.15) is 17.9 Å². The van der Waals surface area contributed by atoms with Gasteiger partial charge >= 0.3 is 5.97 Å². The molecule has 3 rings (SSSR count). The molecule has 2 N–H and O–H groups in total. The van der Waals surface area contributed by atoms with E-state index in [9.17, 15) is 4.79 Å². The van der Waals surface area contributed by atoms with Gasteiger partial charge in [-0.3, -0.25) is 0 Å². The predicted molar refractivity (Wildman–Crippen MR) is 99.1 cm³/mol. The van der Waals surface area contributed by atoms with E-state index in [-0.39, 0.29) is 6.61 Å². The van der Waals surface area contributed by atoms with E-state index in [1.54, 1.807) is 18.2 Å². The first-order chi connectivity index (χ1) is 12.1. The van der Waals surface area contributed by atoms with Gasteiger partial charge in [0.15, 0.2) is 5.13 Å². The van der Waals surface area contributed by atoms with E-state index < -0.39 is 5.97 Å². The lowest BCUT2D eigenvalue weighted by Crippen LogP contribution is -2.06. The van der Waals surface area contributed by atoms with Gasteiger partial charge in [-0.2, -0.15) is 0 Å². The van der Waals surface area contributed by atoms with Crippen molar-refractivity contribution in [1.29, 1.82) is 0 Å². The molecule has 0 atom stereocenters. The van der Waals surface area contributed by atoms with Gasteiger partial charge in [-0.1, -0.05) is 23.7 Å². The molecule has 0 saturated heterocycles. The Morgan fingerprint density at radius 2 is 2.12 bits per heavy atom. The summed E-state index contributed by atoms with van der Waals surface area (Å²) in [6, 6.07) is 12.6. The third-order valence-electron chi connectivity index (χ3n) is 3.49. The van der Waals surface area contributed by atoms with Crippen LogP contribution in [0.1, 0.15) is 15.9 Å². The molecular formula is C18H15ClN2O3S. The second kappa shape index (κ2) is 7.55. The molecule has 7 heteroatoms. The van der Waals surface area contributed by atoms with E-state index in [1.165, 1.54) is 18.4 Å². The van der Waals surface area contributed by atoms with Crippen LogP contribution in [0.15, 0.2) is 47.8 Å². The number of nitrogen functional groups attached to an aromatic ring is 1. The van der Waals surface area contributed by atoms with Crippen molar-refractivity contribution in [2.75, 3.05) is 12.8 Å². The minimum absolute atomic E-state index is 0.285. The van der Waals surface area contributed by atoms with Gasteiger partial charge in [0.25, 0.3) is 0 Å². The van der Waals surface area contributed by atoms with Crippen molar-refractivity contribution in [3.8, 4) is 17.0 Å². The number of aromatic nitrogens is 1. The third-order valence-corrected chi connectivity index (χ3v) is 4.39. The number of nitrogens with zero attached hydrogens (tertiary/aromatic N) is 1. The Balaban J connectivity index is 1.88. The van der Waals surface area contributed by atoms with Crippen molar-refractivity contribution in [1.82, 2.24) is 4.98 Å². The third kappa shape index (κ3) is 4.10. The summed E-state index contributed by atoms with van der Waals surface area (Å²) in [6.07, 6.45) is 0. The van der Waals surface area contributed by atoms with Crippen LogP contribution in [0, 0.1) is 0 Å². The lowest BCUT2D eigenvalue weighted by Gasteiger charge is -2.12. The lowest BCUT2D eigenvalue weighted by atomic mass is 10.1. The van der Waals surface area contributed by atoms with Crippen molar-refractivity contribution >= 4 is 34.0 Å². The molecule has 0 spiro atoms. The summed E-state index contributed by atoms with van der Waals surface area (Å²) in [5, 5.41) is 2.93. The smallest absolute Gasteiger partial charge is 0.341 e. The molecule has 0 saturated carbocycles. The zero-order chi connectivity index (χ0) is 17.8. The molecule has 0 aliphatic rings. The van der Waals surface area contributed by atoms with Crippen LogP contribution in [0.4, 0.5) is 5.13 Å². The topological polar surface area (TPSA) is 74.4 Å². The molecule has 0 fully saturated rings. The Morgan fingerprint density at radius 1 is 1.28 bits per heavy atom. The van der Waals surface area contributed by atoms with Crippen LogP contribution in [0.3, 0.4) is 0 Å². The average molecular weight is 375 g/mol. The Hall–Kier alpha value is -2.57. The maximum Gasteiger partial charge on any atom is 0.341 e. The van der Waals surface area contributed by atoms with E-state index in [1.807, 2.05) is 29.6 Å². The zero-order valence-electron chi connectivity index (χ0n) is 13.4. The fourth-order valence-electron chi connectivity index (χ4n) is 2.29. The van der Waals surface area contributed by atoms with Crippen LogP contribution in [0.2, 0.25) is 5.02 Å². The molecule has 0 radical (unpaired) electrons. The Labute approximate surface area is 154 Å². The van der Waals surface area contributed by atoms with Gasteiger partial charge < -0.3 is 15.2 Å². The molecule has 1 heterocycles. The fourth-order valence-corrected chi connectivity index (χ4v) is 3.08. The normalized spacial score (nSPS) is 10.5. The van der Waals surface area contributed by atoms with E-state index >= 15 is 0 Å². The van der Waals surface area contributed by atoms with Crippen LogP contribution in [-0.4, -0.2) is 18.1 Å². The summed E-state index contributed by atoms with van der Waals surface area (Å²) < 4.78 is 10.7. The number of benzene rings is 2. The molecular weight excluding hydrogens is 360 g/mol. The van der Waals surface area contributed by atoms with Crippen LogP contribution in [0.25, 0.3) is 11.3 Å². The van der Waals surface area contributed by atoms with Gasteiger partial charge in [0.2, 0.25) is 0 Å². The van der Waals surface area contributed by atoms with Gasteiger partial charge in [-0.25, -0.2) is 9.78 Å². The molecule has 25 heavy (non-hydrogen) atoms. The molecule has 0 amide bonds. The fraction of sp³-hybridized carbons (Fsp3) is 0.111. The summed E-state index contributed by atoms with van der Waals surface area (Å²) in [5.41, 5.74) is 8.37. The number of hydrogen-bond acceptors (Lipinski definition) is 6. The van der Waals surface area contributed by atoms with Crippen LogP contribution in [-0.2, 0) is 11.3 Å². The molecule has 0 bridgehead atoms. The molecule has 0 unspecified atom stereocenters. The summed E-state index contributed by atoms with van der Waals surface area (Å²) in [7, 11) is 1.33. The predicted octanol–water partition coefficient (Wildman–Crippen LogP) is 4.41.